The average Bonchev–Trinajstić information content (AvgIpc) is 2.25. The molecule has 1 rings (SSSR count). The lowest BCUT2D eigenvalue weighted by Crippen LogP contribution is -2.33. The van der Waals surface area contributed by atoms with Crippen LogP contribution in [0.5, 0.6) is 0 Å². The largest absolute Gasteiger partial charge is 0.399 e. The number of nitrogen functional groups attached to an aromatic ring is 1. The Morgan fingerprint density at radius 3 is 2.88 bits per heavy atom. The first-order valence-electron chi connectivity index (χ1n) is 5.36. The van der Waals surface area contributed by atoms with Crippen LogP contribution in [0.15, 0.2) is 24.3 Å². The van der Waals surface area contributed by atoms with E-state index in [2.05, 4.69) is 5.32 Å². The topological polar surface area (TPSA) is 58.4 Å². The molecule has 0 saturated heterocycles. The summed E-state index contributed by atoms with van der Waals surface area (Å²) in [5.41, 5.74) is 7.31. The zero-order chi connectivity index (χ0) is 12.0. The molecule has 0 spiro atoms. The van der Waals surface area contributed by atoms with Crippen molar-refractivity contribution in [3.63, 3.8) is 0 Å². The van der Waals surface area contributed by atoms with Crippen molar-refractivity contribution in [3.05, 3.63) is 29.8 Å². The molecule has 1 aromatic carbocycles. The smallest absolute Gasteiger partial charge is 0.226 e. The van der Waals surface area contributed by atoms with Gasteiger partial charge in [-0.2, -0.15) is 0 Å². The number of nitrogens with two attached hydrogens (primary N) is 1. The Labute approximate surface area is 96.4 Å². The molecule has 3 N–H and O–H groups in total. The molecule has 0 atom stereocenters. The number of anilines is 1. The van der Waals surface area contributed by atoms with Gasteiger partial charge >= 0.3 is 0 Å². The van der Waals surface area contributed by atoms with Gasteiger partial charge in [-0.1, -0.05) is 12.1 Å². The monoisotopic (exact) mass is 221 g/mol. The van der Waals surface area contributed by atoms with Crippen molar-refractivity contribution in [1.82, 2.24) is 10.2 Å². The van der Waals surface area contributed by atoms with Crippen LogP contribution in [0, 0.1) is 0 Å². The molecule has 0 saturated carbocycles. The van der Waals surface area contributed by atoms with Crippen LogP contribution in [-0.4, -0.2) is 38.0 Å². The maximum absolute atomic E-state index is 11.8. The van der Waals surface area contributed by atoms with Gasteiger partial charge in [-0.25, -0.2) is 0 Å². The van der Waals surface area contributed by atoms with Crippen molar-refractivity contribution in [1.29, 1.82) is 0 Å². The van der Waals surface area contributed by atoms with Crippen LogP contribution in [0.1, 0.15) is 5.56 Å². The Balaban J connectivity index is 2.50. The molecule has 4 heteroatoms. The number of likely N-dealkylation sites (N-methyl/N-ethyl adjacent to an activating group) is 2. The van der Waals surface area contributed by atoms with Gasteiger partial charge in [0.1, 0.15) is 0 Å². The number of hydrogen-bond acceptors (Lipinski definition) is 3. The predicted octanol–water partition coefficient (Wildman–Crippen LogP) is 0.489. The molecule has 0 bridgehead atoms. The minimum atomic E-state index is 0.112. The van der Waals surface area contributed by atoms with Crippen LogP contribution in [0.3, 0.4) is 0 Å². The quantitative estimate of drug-likeness (QED) is 0.711. The maximum atomic E-state index is 11.8. The van der Waals surface area contributed by atoms with Gasteiger partial charge in [-0.15, -0.1) is 0 Å². The molecule has 0 radical (unpaired) electrons. The van der Waals surface area contributed by atoms with Gasteiger partial charge in [0.25, 0.3) is 0 Å². The summed E-state index contributed by atoms with van der Waals surface area (Å²) in [6.45, 7) is 1.52. The van der Waals surface area contributed by atoms with Gasteiger partial charge in [0.05, 0.1) is 6.42 Å². The van der Waals surface area contributed by atoms with Crippen LogP contribution in [0.4, 0.5) is 5.69 Å². The fourth-order valence-corrected chi connectivity index (χ4v) is 1.42. The van der Waals surface area contributed by atoms with Crippen molar-refractivity contribution >= 4 is 11.6 Å². The van der Waals surface area contributed by atoms with E-state index in [1.807, 2.05) is 38.4 Å². The Kier molecular flexibility index (Phi) is 4.79. The maximum Gasteiger partial charge on any atom is 0.226 e. The summed E-state index contributed by atoms with van der Waals surface area (Å²) in [6, 6.07) is 7.44. The minimum absolute atomic E-state index is 0.112. The molecule has 0 fully saturated rings. The van der Waals surface area contributed by atoms with Crippen molar-refractivity contribution in [2.45, 2.75) is 6.42 Å². The third kappa shape index (κ3) is 3.90. The second-order valence-corrected chi connectivity index (χ2v) is 3.84. The van der Waals surface area contributed by atoms with E-state index in [9.17, 15) is 4.79 Å². The first-order valence-corrected chi connectivity index (χ1v) is 5.36. The van der Waals surface area contributed by atoms with E-state index in [0.717, 1.165) is 18.7 Å². The highest BCUT2D eigenvalue weighted by Gasteiger charge is 2.08. The van der Waals surface area contributed by atoms with Crippen LogP contribution in [0.25, 0.3) is 0 Å². The Bertz CT molecular complexity index is 352. The Hall–Kier alpha value is -1.55. The molecule has 1 amide bonds. The number of amides is 1. The predicted molar refractivity (Wildman–Crippen MR) is 66.1 cm³/mol. The summed E-state index contributed by atoms with van der Waals surface area (Å²) in [6.07, 6.45) is 0.408. The summed E-state index contributed by atoms with van der Waals surface area (Å²) < 4.78 is 0. The van der Waals surface area contributed by atoms with Crippen molar-refractivity contribution < 1.29 is 4.79 Å². The van der Waals surface area contributed by atoms with Crippen LogP contribution >= 0.6 is 0 Å². The number of rotatable bonds is 5. The molecule has 88 valence electrons. The Morgan fingerprint density at radius 2 is 2.25 bits per heavy atom. The standard InChI is InChI=1S/C12H19N3O/c1-14-6-7-15(2)12(16)9-10-4-3-5-11(13)8-10/h3-5,8,14H,6-7,9,13H2,1-2H3. The molecule has 4 nitrogen and oxygen atoms in total. The number of carbonyl (C=O) groups is 1. The zero-order valence-corrected chi connectivity index (χ0v) is 9.86. The minimum Gasteiger partial charge on any atom is -0.399 e. The van der Waals surface area contributed by atoms with Crippen molar-refractivity contribution in [2.75, 3.05) is 32.9 Å². The molecular formula is C12H19N3O. The third-order valence-corrected chi connectivity index (χ3v) is 2.43. The molecule has 0 unspecified atom stereocenters. The van der Waals surface area contributed by atoms with Crippen molar-refractivity contribution in [2.24, 2.45) is 0 Å². The van der Waals surface area contributed by atoms with Gasteiger partial charge in [-0.05, 0) is 24.7 Å². The molecule has 0 aromatic heterocycles. The molecule has 16 heavy (non-hydrogen) atoms. The van der Waals surface area contributed by atoms with E-state index < -0.39 is 0 Å². The third-order valence-electron chi connectivity index (χ3n) is 2.43. The van der Waals surface area contributed by atoms with Gasteiger partial charge in [0.2, 0.25) is 5.91 Å². The normalized spacial score (nSPS) is 10.1. The lowest BCUT2D eigenvalue weighted by atomic mass is 10.1. The molecular weight excluding hydrogens is 202 g/mol. The highest BCUT2D eigenvalue weighted by atomic mass is 16.2. The fourth-order valence-electron chi connectivity index (χ4n) is 1.42. The first kappa shape index (κ1) is 12.5. The van der Waals surface area contributed by atoms with Crippen LogP contribution in [-0.2, 0) is 11.2 Å². The number of nitrogens with one attached hydrogen (secondary N) is 1. The van der Waals surface area contributed by atoms with E-state index in [1.165, 1.54) is 0 Å². The van der Waals surface area contributed by atoms with E-state index >= 15 is 0 Å². The van der Waals surface area contributed by atoms with Gasteiger partial charge in [0.15, 0.2) is 0 Å². The molecule has 1 aromatic rings. The van der Waals surface area contributed by atoms with E-state index in [0.29, 0.717) is 12.1 Å². The van der Waals surface area contributed by atoms with Crippen LogP contribution in [0.2, 0.25) is 0 Å². The van der Waals surface area contributed by atoms with Gasteiger partial charge in [0, 0.05) is 25.8 Å². The number of hydrogen-bond donors (Lipinski definition) is 2. The zero-order valence-electron chi connectivity index (χ0n) is 9.86. The summed E-state index contributed by atoms with van der Waals surface area (Å²) in [5.74, 6) is 0.112. The number of nitrogens with zero attached hydrogens (tertiary/aromatic N) is 1. The van der Waals surface area contributed by atoms with E-state index in [4.69, 9.17) is 5.73 Å². The van der Waals surface area contributed by atoms with Crippen LogP contribution < -0.4 is 11.1 Å². The lowest BCUT2D eigenvalue weighted by Gasteiger charge is -2.16. The fraction of sp³-hybridized carbons (Fsp3) is 0.417. The molecule has 0 aliphatic heterocycles. The highest BCUT2D eigenvalue weighted by molar-refractivity contribution is 5.78. The molecule has 0 heterocycles. The summed E-state index contributed by atoms with van der Waals surface area (Å²) >= 11 is 0. The first-order chi connectivity index (χ1) is 7.63. The summed E-state index contributed by atoms with van der Waals surface area (Å²) in [5, 5.41) is 3.01. The van der Waals surface area contributed by atoms with E-state index in [-0.39, 0.29) is 5.91 Å². The van der Waals surface area contributed by atoms with Crippen molar-refractivity contribution in [3.8, 4) is 0 Å². The number of benzene rings is 1. The summed E-state index contributed by atoms with van der Waals surface area (Å²) in [4.78, 5) is 13.5. The molecule has 0 aliphatic rings. The highest BCUT2D eigenvalue weighted by Crippen LogP contribution is 2.08. The summed E-state index contributed by atoms with van der Waals surface area (Å²) in [7, 11) is 3.68. The Morgan fingerprint density at radius 1 is 1.50 bits per heavy atom. The lowest BCUT2D eigenvalue weighted by molar-refractivity contribution is -0.129. The van der Waals surface area contributed by atoms with Gasteiger partial charge in [-0.3, -0.25) is 4.79 Å². The second-order valence-electron chi connectivity index (χ2n) is 3.84. The molecule has 0 aliphatic carbocycles. The van der Waals surface area contributed by atoms with E-state index in [1.54, 1.807) is 4.90 Å². The number of carbonyl (C=O) groups excluding carboxylic acids is 1. The SMILES string of the molecule is CNCCN(C)C(=O)Cc1cccc(N)c1. The average molecular weight is 221 g/mol. The second kappa shape index (κ2) is 6.12. The van der Waals surface area contributed by atoms with Gasteiger partial charge < -0.3 is 16.0 Å².